The first-order chi connectivity index (χ1) is 10.3. The van der Waals surface area contributed by atoms with Gasteiger partial charge < -0.3 is 9.47 Å². The number of hydrogen-bond acceptors (Lipinski definition) is 5. The topological polar surface area (TPSA) is 56.6 Å². The molecule has 1 aliphatic carbocycles. The van der Waals surface area contributed by atoms with E-state index in [-0.39, 0.29) is 5.97 Å². The van der Waals surface area contributed by atoms with Gasteiger partial charge in [0.2, 0.25) is 0 Å². The highest BCUT2D eigenvalue weighted by atomic mass is 16.6. The fraction of sp³-hybridized carbons (Fsp3) is 0.733. The quantitative estimate of drug-likeness (QED) is 0.785. The van der Waals surface area contributed by atoms with Crippen molar-refractivity contribution >= 4 is 5.97 Å². The summed E-state index contributed by atoms with van der Waals surface area (Å²) in [5.74, 6) is -0.295. The van der Waals surface area contributed by atoms with Crippen molar-refractivity contribution in [2.75, 3.05) is 26.8 Å². The number of nitrogens with zero attached hydrogens (tertiary/aromatic N) is 3. The van der Waals surface area contributed by atoms with Gasteiger partial charge in [0.05, 0.1) is 25.5 Å². The minimum Gasteiger partial charge on any atom is -0.467 e. The second-order valence-electron chi connectivity index (χ2n) is 5.84. The van der Waals surface area contributed by atoms with Crippen molar-refractivity contribution in [3.63, 3.8) is 0 Å². The third-order valence-electron chi connectivity index (χ3n) is 4.36. The lowest BCUT2D eigenvalue weighted by atomic mass is 10.2. The van der Waals surface area contributed by atoms with Crippen molar-refractivity contribution in [1.29, 1.82) is 0 Å². The number of esters is 1. The first kappa shape index (κ1) is 14.5. The molecule has 2 fully saturated rings. The maximum atomic E-state index is 11.5. The maximum absolute atomic E-state index is 11.5. The molecule has 1 atom stereocenters. The number of aromatic nitrogens is 2. The molecule has 0 spiro atoms. The first-order valence-electron chi connectivity index (χ1n) is 7.72. The summed E-state index contributed by atoms with van der Waals surface area (Å²) in [7, 11) is 1.40. The van der Waals surface area contributed by atoms with Gasteiger partial charge in [-0.3, -0.25) is 9.58 Å². The normalized spacial score (nSPS) is 24.3. The Bertz CT molecular complexity index is 482. The number of ether oxygens (including phenoxy) is 2. The van der Waals surface area contributed by atoms with Gasteiger partial charge in [-0.25, -0.2) is 4.79 Å². The van der Waals surface area contributed by atoms with Gasteiger partial charge >= 0.3 is 5.97 Å². The number of carbonyl (C=O) groups is 1. The van der Waals surface area contributed by atoms with Gasteiger partial charge in [-0.15, -0.1) is 0 Å². The maximum Gasteiger partial charge on any atom is 0.336 e. The first-order valence-corrected chi connectivity index (χ1v) is 7.72. The molecule has 2 aliphatic rings. The standard InChI is InChI=1S/C15H23N3O3/c1-20-15(19)14-11-17(8-9-21-14)10-12-6-7-18(16-12)13-4-2-3-5-13/h6-7,13-14H,2-5,8-11H2,1H3. The molecule has 116 valence electrons. The summed E-state index contributed by atoms with van der Waals surface area (Å²) in [5.41, 5.74) is 1.06. The van der Waals surface area contributed by atoms with Crippen molar-refractivity contribution in [3.8, 4) is 0 Å². The zero-order valence-corrected chi connectivity index (χ0v) is 12.5. The predicted octanol–water partition coefficient (Wildman–Crippen LogP) is 1.37. The zero-order valence-electron chi connectivity index (χ0n) is 12.5. The monoisotopic (exact) mass is 293 g/mol. The largest absolute Gasteiger partial charge is 0.467 e. The summed E-state index contributed by atoms with van der Waals surface area (Å²) in [6.45, 7) is 2.71. The van der Waals surface area contributed by atoms with Crippen LogP contribution in [0.4, 0.5) is 0 Å². The van der Waals surface area contributed by atoms with Crippen LogP contribution in [-0.4, -0.2) is 53.6 Å². The van der Waals surface area contributed by atoms with E-state index in [0.717, 1.165) is 18.8 Å². The van der Waals surface area contributed by atoms with Gasteiger partial charge in [-0.05, 0) is 18.9 Å². The Morgan fingerprint density at radius 1 is 1.48 bits per heavy atom. The molecular formula is C15H23N3O3. The molecular weight excluding hydrogens is 270 g/mol. The van der Waals surface area contributed by atoms with Gasteiger partial charge in [0.1, 0.15) is 0 Å². The van der Waals surface area contributed by atoms with Crippen LogP contribution in [-0.2, 0) is 20.8 Å². The third kappa shape index (κ3) is 3.44. The number of hydrogen-bond donors (Lipinski definition) is 0. The molecule has 21 heavy (non-hydrogen) atoms. The molecule has 1 unspecified atom stereocenters. The molecule has 1 aliphatic heterocycles. The minimum atomic E-state index is -0.472. The van der Waals surface area contributed by atoms with Crippen LogP contribution in [0.1, 0.15) is 37.4 Å². The molecule has 0 radical (unpaired) electrons. The number of carbonyl (C=O) groups excluding carboxylic acids is 1. The van der Waals surface area contributed by atoms with Crippen LogP contribution in [0, 0.1) is 0 Å². The van der Waals surface area contributed by atoms with Gasteiger partial charge in [0.15, 0.2) is 6.10 Å². The molecule has 6 nitrogen and oxygen atoms in total. The third-order valence-corrected chi connectivity index (χ3v) is 4.36. The summed E-state index contributed by atoms with van der Waals surface area (Å²) >= 11 is 0. The fourth-order valence-corrected chi connectivity index (χ4v) is 3.18. The van der Waals surface area contributed by atoms with E-state index in [1.807, 2.05) is 0 Å². The number of methoxy groups -OCH3 is 1. The zero-order chi connectivity index (χ0) is 14.7. The summed E-state index contributed by atoms with van der Waals surface area (Å²) in [6.07, 6.45) is 6.71. The molecule has 0 bridgehead atoms. The molecule has 6 heteroatoms. The Kier molecular flexibility index (Phi) is 4.55. The minimum absolute atomic E-state index is 0.295. The van der Waals surface area contributed by atoms with Crippen LogP contribution in [0.25, 0.3) is 0 Å². The highest BCUT2D eigenvalue weighted by Crippen LogP contribution is 2.28. The molecule has 0 aromatic carbocycles. The van der Waals surface area contributed by atoms with Crippen molar-refractivity contribution in [3.05, 3.63) is 18.0 Å². The Balaban J connectivity index is 1.57. The van der Waals surface area contributed by atoms with Crippen LogP contribution in [0.3, 0.4) is 0 Å². The summed E-state index contributed by atoms with van der Waals surface area (Å²) in [5, 5.41) is 4.69. The Labute approximate surface area is 125 Å². The van der Waals surface area contributed by atoms with E-state index >= 15 is 0 Å². The lowest BCUT2D eigenvalue weighted by Crippen LogP contribution is -2.46. The Hall–Kier alpha value is -1.40. The van der Waals surface area contributed by atoms with E-state index in [9.17, 15) is 4.79 Å². The van der Waals surface area contributed by atoms with Gasteiger partial charge in [0.25, 0.3) is 0 Å². The molecule has 0 amide bonds. The average Bonchev–Trinajstić information content (AvgIpc) is 3.17. The Morgan fingerprint density at radius 2 is 2.29 bits per heavy atom. The highest BCUT2D eigenvalue weighted by molar-refractivity contribution is 5.74. The van der Waals surface area contributed by atoms with Crippen LogP contribution < -0.4 is 0 Å². The molecule has 1 saturated carbocycles. The second-order valence-corrected chi connectivity index (χ2v) is 5.84. The van der Waals surface area contributed by atoms with Crippen LogP contribution in [0.5, 0.6) is 0 Å². The molecule has 1 aromatic heterocycles. The smallest absolute Gasteiger partial charge is 0.336 e. The SMILES string of the molecule is COC(=O)C1CN(Cc2ccn(C3CCCC3)n2)CCO1. The predicted molar refractivity (Wildman–Crippen MR) is 76.8 cm³/mol. The van der Waals surface area contributed by atoms with Crippen molar-refractivity contribution in [2.24, 2.45) is 0 Å². The average molecular weight is 293 g/mol. The lowest BCUT2D eigenvalue weighted by molar-refractivity contribution is -0.160. The van der Waals surface area contributed by atoms with E-state index in [0.29, 0.717) is 19.2 Å². The summed E-state index contributed by atoms with van der Waals surface area (Å²) < 4.78 is 12.3. The molecule has 0 N–H and O–H groups in total. The summed E-state index contributed by atoms with van der Waals surface area (Å²) in [6, 6.07) is 2.66. The van der Waals surface area contributed by atoms with E-state index in [1.165, 1.54) is 32.8 Å². The molecule has 1 saturated heterocycles. The van der Waals surface area contributed by atoms with Crippen molar-refractivity contribution in [2.45, 2.75) is 44.4 Å². The van der Waals surface area contributed by atoms with Crippen LogP contribution in [0.15, 0.2) is 12.3 Å². The van der Waals surface area contributed by atoms with E-state index in [2.05, 4.69) is 21.8 Å². The number of rotatable bonds is 4. The fourth-order valence-electron chi connectivity index (χ4n) is 3.18. The van der Waals surface area contributed by atoms with Gasteiger partial charge in [-0.2, -0.15) is 5.10 Å². The molecule has 1 aromatic rings. The second kappa shape index (κ2) is 6.58. The lowest BCUT2D eigenvalue weighted by Gasteiger charge is -2.30. The Morgan fingerprint density at radius 3 is 3.05 bits per heavy atom. The molecule has 2 heterocycles. The van der Waals surface area contributed by atoms with Crippen molar-refractivity contribution in [1.82, 2.24) is 14.7 Å². The van der Waals surface area contributed by atoms with Gasteiger partial charge in [-0.1, -0.05) is 12.8 Å². The number of morpholine rings is 1. The van der Waals surface area contributed by atoms with Crippen molar-refractivity contribution < 1.29 is 14.3 Å². The van der Waals surface area contributed by atoms with Gasteiger partial charge in [0, 0.05) is 25.8 Å². The molecule has 3 rings (SSSR count). The van der Waals surface area contributed by atoms with E-state index in [1.54, 1.807) is 0 Å². The van der Waals surface area contributed by atoms with E-state index in [4.69, 9.17) is 14.6 Å². The summed E-state index contributed by atoms with van der Waals surface area (Å²) in [4.78, 5) is 13.8. The van der Waals surface area contributed by atoms with Crippen LogP contribution in [0.2, 0.25) is 0 Å². The van der Waals surface area contributed by atoms with E-state index < -0.39 is 6.10 Å². The van der Waals surface area contributed by atoms with Crippen LogP contribution >= 0.6 is 0 Å². The highest BCUT2D eigenvalue weighted by Gasteiger charge is 2.27.